The molecule has 154 valence electrons. The average molecular weight is 410 g/mol. The van der Waals surface area contributed by atoms with Gasteiger partial charge in [-0.15, -0.1) is 0 Å². The van der Waals surface area contributed by atoms with E-state index in [1.165, 1.54) is 32.2 Å². The number of aryl methyl sites for hydroxylation is 1. The van der Waals surface area contributed by atoms with E-state index in [9.17, 15) is 14.9 Å². The molecule has 3 N–H and O–H groups in total. The number of nitrogens with zero attached hydrogens (tertiary/aromatic N) is 4. The van der Waals surface area contributed by atoms with Crippen LogP contribution in [0.15, 0.2) is 42.5 Å². The summed E-state index contributed by atoms with van der Waals surface area (Å²) in [6.07, 6.45) is 0. The Morgan fingerprint density at radius 3 is 2.67 bits per heavy atom. The van der Waals surface area contributed by atoms with E-state index >= 15 is 0 Å². The number of nitro benzene ring substituents is 1. The summed E-state index contributed by atoms with van der Waals surface area (Å²) >= 11 is 0. The lowest BCUT2D eigenvalue weighted by Gasteiger charge is -2.11. The second-order valence-electron chi connectivity index (χ2n) is 6.09. The van der Waals surface area contributed by atoms with Gasteiger partial charge in [0.15, 0.2) is 12.4 Å². The number of rotatable bonds is 7. The number of hydrogen-bond acceptors (Lipinski definition) is 10. The van der Waals surface area contributed by atoms with Crippen molar-refractivity contribution in [2.24, 2.45) is 0 Å². The smallest absolute Gasteiger partial charge is 0.338 e. The molecule has 11 nitrogen and oxygen atoms in total. The molecule has 0 unspecified atom stereocenters. The summed E-state index contributed by atoms with van der Waals surface area (Å²) in [6.45, 7) is 1.28. The number of hydrogen-bond donors (Lipinski definition) is 2. The summed E-state index contributed by atoms with van der Waals surface area (Å²) < 4.78 is 10.5. The van der Waals surface area contributed by atoms with Crippen LogP contribution in [0.5, 0.6) is 5.75 Å². The maximum atomic E-state index is 12.3. The van der Waals surface area contributed by atoms with Crippen LogP contribution < -0.4 is 15.8 Å². The lowest BCUT2D eigenvalue weighted by molar-refractivity contribution is -0.385. The van der Waals surface area contributed by atoms with E-state index in [2.05, 4.69) is 20.3 Å². The highest BCUT2D eigenvalue weighted by atomic mass is 16.6. The van der Waals surface area contributed by atoms with Gasteiger partial charge in [-0.2, -0.15) is 15.0 Å². The molecule has 0 fully saturated rings. The number of nitrogen functional groups attached to an aromatic ring is 1. The number of methoxy groups -OCH3 is 1. The highest BCUT2D eigenvalue weighted by Crippen LogP contribution is 2.25. The third kappa shape index (κ3) is 4.76. The van der Waals surface area contributed by atoms with Crippen LogP contribution in [0, 0.1) is 17.0 Å². The first-order valence-electron chi connectivity index (χ1n) is 8.70. The first-order valence-corrected chi connectivity index (χ1v) is 8.70. The van der Waals surface area contributed by atoms with Gasteiger partial charge in [0.1, 0.15) is 5.75 Å². The maximum absolute atomic E-state index is 12.3. The predicted octanol–water partition coefficient (Wildman–Crippen LogP) is 2.78. The van der Waals surface area contributed by atoms with Crippen LogP contribution in [0.3, 0.4) is 0 Å². The highest BCUT2D eigenvalue weighted by Gasteiger charge is 2.16. The number of para-hydroxylation sites is 2. The van der Waals surface area contributed by atoms with Crippen LogP contribution in [0.4, 0.5) is 23.3 Å². The molecule has 0 bridgehead atoms. The molecule has 0 atom stereocenters. The molecule has 1 heterocycles. The number of anilines is 3. The highest BCUT2D eigenvalue weighted by molar-refractivity contribution is 5.90. The second kappa shape index (κ2) is 8.82. The lowest BCUT2D eigenvalue weighted by Crippen LogP contribution is -2.11. The summed E-state index contributed by atoms with van der Waals surface area (Å²) in [5, 5.41) is 13.9. The molecule has 3 aromatic rings. The topological polar surface area (TPSA) is 155 Å². The third-order valence-corrected chi connectivity index (χ3v) is 4.01. The molecule has 2 aromatic carbocycles. The second-order valence-corrected chi connectivity index (χ2v) is 6.09. The third-order valence-electron chi connectivity index (χ3n) is 4.01. The van der Waals surface area contributed by atoms with Gasteiger partial charge in [0.2, 0.25) is 11.9 Å². The Morgan fingerprint density at radius 2 is 1.97 bits per heavy atom. The number of nitrogens with two attached hydrogens (primary N) is 1. The van der Waals surface area contributed by atoms with Crippen LogP contribution in [0.2, 0.25) is 0 Å². The summed E-state index contributed by atoms with van der Waals surface area (Å²) in [5.74, 6) is 0.139. The molecule has 0 aliphatic rings. The number of aromatic nitrogens is 3. The van der Waals surface area contributed by atoms with Gasteiger partial charge in [-0.25, -0.2) is 4.79 Å². The fourth-order valence-electron chi connectivity index (χ4n) is 2.63. The van der Waals surface area contributed by atoms with Crippen molar-refractivity contribution in [1.29, 1.82) is 0 Å². The van der Waals surface area contributed by atoms with E-state index in [0.717, 1.165) is 0 Å². The van der Waals surface area contributed by atoms with Crippen LogP contribution in [0.1, 0.15) is 21.7 Å². The minimum absolute atomic E-state index is 0.0559. The normalized spacial score (nSPS) is 10.3. The summed E-state index contributed by atoms with van der Waals surface area (Å²) in [7, 11) is 1.53. The SMILES string of the molecule is COc1ccccc1Nc1nc(N)nc(COC(=O)c2ccc([N+](=O)[O-])c(C)c2)n1. The largest absolute Gasteiger partial charge is 0.495 e. The Balaban J connectivity index is 1.72. The van der Waals surface area contributed by atoms with Gasteiger partial charge in [0.25, 0.3) is 5.69 Å². The number of ether oxygens (including phenoxy) is 2. The fourth-order valence-corrected chi connectivity index (χ4v) is 2.63. The molecule has 1 aromatic heterocycles. The van der Waals surface area contributed by atoms with Gasteiger partial charge >= 0.3 is 5.97 Å². The van der Waals surface area contributed by atoms with Crippen molar-refractivity contribution in [3.05, 3.63) is 69.5 Å². The molecular weight excluding hydrogens is 392 g/mol. The van der Waals surface area contributed by atoms with E-state index in [-0.39, 0.29) is 35.6 Å². The van der Waals surface area contributed by atoms with Crippen LogP contribution in [-0.4, -0.2) is 33.0 Å². The van der Waals surface area contributed by atoms with E-state index < -0.39 is 10.9 Å². The number of nitro groups is 1. The molecule has 0 amide bonds. The average Bonchev–Trinajstić information content (AvgIpc) is 2.71. The zero-order chi connectivity index (χ0) is 21.7. The first-order chi connectivity index (χ1) is 14.4. The summed E-state index contributed by atoms with van der Waals surface area (Å²) in [6, 6.07) is 11.1. The van der Waals surface area contributed by atoms with Crippen molar-refractivity contribution >= 4 is 29.2 Å². The molecule has 0 radical (unpaired) electrons. The van der Waals surface area contributed by atoms with Crippen molar-refractivity contribution in [3.8, 4) is 5.75 Å². The number of esters is 1. The van der Waals surface area contributed by atoms with Crippen molar-refractivity contribution in [2.45, 2.75) is 13.5 Å². The number of nitrogens with one attached hydrogen (secondary N) is 1. The predicted molar refractivity (Wildman–Crippen MR) is 107 cm³/mol. The van der Waals surface area contributed by atoms with E-state index in [1.54, 1.807) is 12.1 Å². The minimum atomic E-state index is -0.675. The number of carbonyl (C=O) groups is 1. The Labute approximate surface area is 171 Å². The lowest BCUT2D eigenvalue weighted by atomic mass is 10.1. The molecule has 0 spiro atoms. The molecule has 0 aliphatic heterocycles. The zero-order valence-electron chi connectivity index (χ0n) is 16.2. The van der Waals surface area contributed by atoms with Gasteiger partial charge in [0.05, 0.1) is 23.3 Å². The van der Waals surface area contributed by atoms with E-state index in [1.807, 2.05) is 12.1 Å². The van der Waals surface area contributed by atoms with Gasteiger partial charge < -0.3 is 20.5 Å². The molecular formula is C19H18N6O5. The van der Waals surface area contributed by atoms with Crippen molar-refractivity contribution in [1.82, 2.24) is 15.0 Å². The molecule has 30 heavy (non-hydrogen) atoms. The maximum Gasteiger partial charge on any atom is 0.338 e. The van der Waals surface area contributed by atoms with E-state index in [4.69, 9.17) is 15.2 Å². The molecule has 3 rings (SSSR count). The summed E-state index contributed by atoms with van der Waals surface area (Å²) in [4.78, 5) is 34.8. The van der Waals surface area contributed by atoms with Crippen LogP contribution in [-0.2, 0) is 11.3 Å². The Bertz CT molecular complexity index is 1100. The van der Waals surface area contributed by atoms with Gasteiger partial charge in [-0.05, 0) is 31.2 Å². The number of benzene rings is 2. The van der Waals surface area contributed by atoms with Crippen LogP contribution >= 0.6 is 0 Å². The quantitative estimate of drug-likeness (QED) is 0.337. The molecule has 11 heteroatoms. The van der Waals surface area contributed by atoms with Gasteiger partial charge in [-0.3, -0.25) is 10.1 Å². The molecule has 0 saturated carbocycles. The van der Waals surface area contributed by atoms with Crippen molar-refractivity contribution in [3.63, 3.8) is 0 Å². The fraction of sp³-hybridized carbons (Fsp3) is 0.158. The first kappa shape index (κ1) is 20.5. The van der Waals surface area contributed by atoms with Crippen molar-refractivity contribution < 1.29 is 19.2 Å². The van der Waals surface area contributed by atoms with Crippen molar-refractivity contribution in [2.75, 3.05) is 18.2 Å². The van der Waals surface area contributed by atoms with E-state index in [0.29, 0.717) is 17.0 Å². The minimum Gasteiger partial charge on any atom is -0.495 e. The van der Waals surface area contributed by atoms with Crippen LogP contribution in [0.25, 0.3) is 0 Å². The molecule has 0 aliphatic carbocycles. The molecule has 0 saturated heterocycles. The van der Waals surface area contributed by atoms with Gasteiger partial charge in [0, 0.05) is 11.6 Å². The van der Waals surface area contributed by atoms with Gasteiger partial charge in [-0.1, -0.05) is 12.1 Å². The summed E-state index contributed by atoms with van der Waals surface area (Å²) in [5.41, 5.74) is 6.79. The Morgan fingerprint density at radius 1 is 1.20 bits per heavy atom. The standard InChI is InChI=1S/C19H18N6O5/c1-11-9-12(7-8-14(11)25(27)28)17(26)30-10-16-22-18(20)24-19(23-16)21-13-5-3-4-6-15(13)29-2/h3-9H,10H2,1-2H3,(H3,20,21,22,23,24). The zero-order valence-corrected chi connectivity index (χ0v) is 16.2. The number of carbonyl (C=O) groups excluding carboxylic acids is 1. The monoisotopic (exact) mass is 410 g/mol. The Kier molecular flexibility index (Phi) is 6.01. The Hall–Kier alpha value is -4.28.